The molecule has 0 heterocycles. The predicted molar refractivity (Wildman–Crippen MR) is 62.4 cm³/mol. The Morgan fingerprint density at radius 2 is 1.73 bits per heavy atom. The highest BCUT2D eigenvalue weighted by Gasteiger charge is 2.15. The standard InChI is InChI=1S/C13H20O2/c1-11-5-7-12(8-6-11)15-10-9-13(2,3)14-4/h5-8H,9-10H2,1-4H3. The van der Waals surface area contributed by atoms with E-state index in [1.54, 1.807) is 7.11 Å². The van der Waals surface area contributed by atoms with Crippen LogP contribution in [-0.2, 0) is 4.74 Å². The van der Waals surface area contributed by atoms with E-state index in [-0.39, 0.29) is 5.60 Å². The molecule has 1 aromatic rings. The van der Waals surface area contributed by atoms with Gasteiger partial charge in [-0.15, -0.1) is 0 Å². The van der Waals surface area contributed by atoms with E-state index in [0.29, 0.717) is 6.61 Å². The molecule has 0 saturated heterocycles. The molecule has 0 aromatic heterocycles. The Labute approximate surface area is 92.2 Å². The van der Waals surface area contributed by atoms with Gasteiger partial charge in [-0.2, -0.15) is 0 Å². The summed E-state index contributed by atoms with van der Waals surface area (Å²) in [7, 11) is 1.73. The van der Waals surface area contributed by atoms with Crippen molar-refractivity contribution in [2.75, 3.05) is 13.7 Å². The maximum absolute atomic E-state index is 5.62. The molecule has 0 fully saturated rings. The van der Waals surface area contributed by atoms with Crippen LogP contribution in [0.4, 0.5) is 0 Å². The second-order valence-corrected chi connectivity index (χ2v) is 4.38. The van der Waals surface area contributed by atoms with Gasteiger partial charge < -0.3 is 9.47 Å². The van der Waals surface area contributed by atoms with Crippen molar-refractivity contribution in [1.29, 1.82) is 0 Å². The van der Waals surface area contributed by atoms with Crippen LogP contribution in [0, 0.1) is 6.92 Å². The molecule has 1 aromatic carbocycles. The van der Waals surface area contributed by atoms with Gasteiger partial charge in [-0.25, -0.2) is 0 Å². The summed E-state index contributed by atoms with van der Waals surface area (Å²) < 4.78 is 10.9. The first kappa shape index (κ1) is 12.1. The Balaban J connectivity index is 2.35. The number of ether oxygens (including phenoxy) is 2. The second kappa shape index (κ2) is 5.17. The number of methoxy groups -OCH3 is 1. The van der Waals surface area contributed by atoms with Crippen LogP contribution in [0.15, 0.2) is 24.3 Å². The van der Waals surface area contributed by atoms with Crippen molar-refractivity contribution in [3.05, 3.63) is 29.8 Å². The molecule has 0 saturated carbocycles. The van der Waals surface area contributed by atoms with E-state index in [2.05, 4.69) is 32.9 Å². The Morgan fingerprint density at radius 1 is 1.13 bits per heavy atom. The van der Waals surface area contributed by atoms with E-state index < -0.39 is 0 Å². The molecule has 2 heteroatoms. The van der Waals surface area contributed by atoms with Gasteiger partial charge in [0.25, 0.3) is 0 Å². The van der Waals surface area contributed by atoms with Crippen molar-refractivity contribution >= 4 is 0 Å². The van der Waals surface area contributed by atoms with Crippen LogP contribution in [0.3, 0.4) is 0 Å². The fourth-order valence-electron chi connectivity index (χ4n) is 1.15. The molecule has 0 spiro atoms. The summed E-state index contributed by atoms with van der Waals surface area (Å²) in [6, 6.07) is 8.10. The van der Waals surface area contributed by atoms with Gasteiger partial charge in [-0.05, 0) is 32.9 Å². The molecule has 2 nitrogen and oxygen atoms in total. The summed E-state index contributed by atoms with van der Waals surface area (Å²) in [5.41, 5.74) is 1.14. The number of hydrogen-bond donors (Lipinski definition) is 0. The normalized spacial score (nSPS) is 11.5. The molecular formula is C13H20O2. The topological polar surface area (TPSA) is 18.5 Å². The Morgan fingerprint density at radius 3 is 2.27 bits per heavy atom. The SMILES string of the molecule is COC(C)(C)CCOc1ccc(C)cc1. The van der Waals surface area contributed by atoms with Gasteiger partial charge in [0.2, 0.25) is 0 Å². The van der Waals surface area contributed by atoms with Crippen molar-refractivity contribution in [1.82, 2.24) is 0 Å². The van der Waals surface area contributed by atoms with E-state index in [4.69, 9.17) is 9.47 Å². The average molecular weight is 208 g/mol. The van der Waals surface area contributed by atoms with Gasteiger partial charge in [-0.3, -0.25) is 0 Å². The smallest absolute Gasteiger partial charge is 0.119 e. The van der Waals surface area contributed by atoms with E-state index in [1.807, 2.05) is 12.1 Å². The Bertz CT molecular complexity index is 288. The van der Waals surface area contributed by atoms with Crippen LogP contribution in [0.5, 0.6) is 5.75 Å². The third kappa shape index (κ3) is 4.34. The molecule has 0 unspecified atom stereocenters. The Hall–Kier alpha value is -1.02. The maximum Gasteiger partial charge on any atom is 0.119 e. The molecule has 0 bridgehead atoms. The zero-order valence-corrected chi connectivity index (χ0v) is 10.0. The summed E-state index contributed by atoms with van der Waals surface area (Å²) >= 11 is 0. The lowest BCUT2D eigenvalue weighted by Gasteiger charge is -2.22. The lowest BCUT2D eigenvalue weighted by molar-refractivity contribution is 0.00545. The van der Waals surface area contributed by atoms with Crippen LogP contribution in [-0.4, -0.2) is 19.3 Å². The molecule has 15 heavy (non-hydrogen) atoms. The van der Waals surface area contributed by atoms with Crippen molar-refractivity contribution in [3.63, 3.8) is 0 Å². The monoisotopic (exact) mass is 208 g/mol. The lowest BCUT2D eigenvalue weighted by Crippen LogP contribution is -2.25. The molecule has 0 aliphatic heterocycles. The predicted octanol–water partition coefficient (Wildman–Crippen LogP) is 3.19. The molecule has 1 rings (SSSR count). The minimum absolute atomic E-state index is 0.106. The first-order valence-electron chi connectivity index (χ1n) is 5.28. The fourth-order valence-corrected chi connectivity index (χ4v) is 1.15. The molecule has 0 amide bonds. The van der Waals surface area contributed by atoms with E-state index >= 15 is 0 Å². The summed E-state index contributed by atoms with van der Waals surface area (Å²) in [6.07, 6.45) is 0.886. The van der Waals surface area contributed by atoms with Gasteiger partial charge >= 0.3 is 0 Å². The number of hydrogen-bond acceptors (Lipinski definition) is 2. The third-order valence-corrected chi connectivity index (χ3v) is 2.55. The summed E-state index contributed by atoms with van der Waals surface area (Å²) in [5.74, 6) is 0.924. The number of benzene rings is 1. The lowest BCUT2D eigenvalue weighted by atomic mass is 10.1. The minimum atomic E-state index is -0.106. The largest absolute Gasteiger partial charge is 0.493 e. The summed E-state index contributed by atoms with van der Waals surface area (Å²) in [6.45, 7) is 6.87. The highest BCUT2D eigenvalue weighted by Crippen LogP contribution is 2.16. The molecule has 84 valence electrons. The van der Waals surface area contributed by atoms with Gasteiger partial charge in [0.1, 0.15) is 5.75 Å². The van der Waals surface area contributed by atoms with Crippen molar-refractivity contribution in [2.45, 2.75) is 32.8 Å². The first-order valence-corrected chi connectivity index (χ1v) is 5.28. The second-order valence-electron chi connectivity index (χ2n) is 4.38. The maximum atomic E-state index is 5.62. The number of rotatable bonds is 5. The fraction of sp³-hybridized carbons (Fsp3) is 0.538. The van der Waals surface area contributed by atoms with Crippen molar-refractivity contribution in [3.8, 4) is 5.75 Å². The highest BCUT2D eigenvalue weighted by atomic mass is 16.5. The van der Waals surface area contributed by atoms with E-state index in [1.165, 1.54) is 5.56 Å². The van der Waals surface area contributed by atoms with Crippen LogP contribution >= 0.6 is 0 Å². The summed E-state index contributed by atoms with van der Waals surface area (Å²) in [5, 5.41) is 0. The van der Waals surface area contributed by atoms with Gasteiger partial charge in [0.15, 0.2) is 0 Å². The summed E-state index contributed by atoms with van der Waals surface area (Å²) in [4.78, 5) is 0. The molecule has 0 aliphatic carbocycles. The zero-order valence-electron chi connectivity index (χ0n) is 10.0. The molecule has 0 aliphatic rings. The Kier molecular flexibility index (Phi) is 4.15. The van der Waals surface area contributed by atoms with Crippen LogP contribution in [0.1, 0.15) is 25.8 Å². The number of aryl methyl sites for hydroxylation is 1. The van der Waals surface area contributed by atoms with Crippen LogP contribution in [0.2, 0.25) is 0 Å². The van der Waals surface area contributed by atoms with E-state index in [0.717, 1.165) is 12.2 Å². The van der Waals surface area contributed by atoms with Crippen molar-refractivity contribution < 1.29 is 9.47 Å². The van der Waals surface area contributed by atoms with E-state index in [9.17, 15) is 0 Å². The molecule has 0 atom stereocenters. The quantitative estimate of drug-likeness (QED) is 0.740. The molecule has 0 N–H and O–H groups in total. The van der Waals surface area contributed by atoms with Crippen LogP contribution < -0.4 is 4.74 Å². The highest BCUT2D eigenvalue weighted by molar-refractivity contribution is 5.26. The average Bonchev–Trinajstić information content (AvgIpc) is 2.21. The van der Waals surface area contributed by atoms with Crippen LogP contribution in [0.25, 0.3) is 0 Å². The zero-order chi connectivity index (χ0) is 11.3. The van der Waals surface area contributed by atoms with Gasteiger partial charge in [-0.1, -0.05) is 17.7 Å². The molecule has 0 radical (unpaired) electrons. The van der Waals surface area contributed by atoms with Crippen molar-refractivity contribution in [2.24, 2.45) is 0 Å². The van der Waals surface area contributed by atoms with Gasteiger partial charge in [0, 0.05) is 13.5 Å². The molecular weight excluding hydrogens is 188 g/mol. The van der Waals surface area contributed by atoms with Gasteiger partial charge in [0.05, 0.1) is 12.2 Å². The minimum Gasteiger partial charge on any atom is -0.493 e. The first-order chi connectivity index (χ1) is 7.03. The third-order valence-electron chi connectivity index (χ3n) is 2.55.